The van der Waals surface area contributed by atoms with Gasteiger partial charge in [0.15, 0.2) is 5.78 Å². The minimum atomic E-state index is -0.513. The highest BCUT2D eigenvalue weighted by atomic mass is 16.2. The van der Waals surface area contributed by atoms with Crippen molar-refractivity contribution in [3.63, 3.8) is 0 Å². The molecule has 1 aromatic carbocycles. The van der Waals surface area contributed by atoms with E-state index in [0.717, 1.165) is 0 Å². The number of urea groups is 1. The molecule has 0 aromatic heterocycles. The van der Waals surface area contributed by atoms with Crippen molar-refractivity contribution in [2.75, 3.05) is 18.4 Å². The lowest BCUT2D eigenvalue weighted by Crippen LogP contribution is -2.41. The van der Waals surface area contributed by atoms with Crippen LogP contribution >= 0.6 is 0 Å². The zero-order valence-corrected chi connectivity index (χ0v) is 10.9. The minimum Gasteiger partial charge on any atom is -0.376 e. The van der Waals surface area contributed by atoms with Gasteiger partial charge in [0.1, 0.15) is 0 Å². The number of carbonyl (C=O) groups excluding carboxylic acids is 3. The maximum Gasteiger partial charge on any atom is 0.321 e. The van der Waals surface area contributed by atoms with E-state index in [0.29, 0.717) is 17.8 Å². The van der Waals surface area contributed by atoms with E-state index in [1.807, 2.05) is 0 Å². The summed E-state index contributed by atoms with van der Waals surface area (Å²) >= 11 is 0. The molecule has 3 amide bonds. The van der Waals surface area contributed by atoms with E-state index in [2.05, 4.69) is 16.0 Å². The van der Waals surface area contributed by atoms with Crippen LogP contribution in [-0.2, 0) is 4.79 Å². The summed E-state index contributed by atoms with van der Waals surface area (Å²) in [6.07, 6.45) is 0. The molecule has 0 spiro atoms. The molecule has 3 N–H and O–H groups in total. The Hall–Kier alpha value is -2.37. The maximum atomic E-state index is 11.4. The lowest BCUT2D eigenvalue weighted by atomic mass is 10.1. The average Bonchev–Trinajstić information content (AvgIpc) is 2.37. The van der Waals surface area contributed by atoms with Crippen LogP contribution in [0.25, 0.3) is 0 Å². The van der Waals surface area contributed by atoms with E-state index in [1.165, 1.54) is 6.92 Å². The van der Waals surface area contributed by atoms with Crippen LogP contribution in [0.2, 0.25) is 0 Å². The number of carbonyl (C=O) groups is 3. The molecule has 1 rings (SSSR count). The summed E-state index contributed by atoms with van der Waals surface area (Å²) in [5, 5.41) is 7.49. The second-order valence-electron chi connectivity index (χ2n) is 3.89. The predicted molar refractivity (Wildman–Crippen MR) is 72.2 cm³/mol. The quantitative estimate of drug-likeness (QED) is 0.695. The highest BCUT2D eigenvalue weighted by molar-refractivity contribution is 5.96. The Morgan fingerprint density at radius 1 is 1.11 bits per heavy atom. The summed E-state index contributed by atoms with van der Waals surface area (Å²) in [7, 11) is 0. The van der Waals surface area contributed by atoms with Crippen LogP contribution in [-0.4, -0.2) is 30.8 Å². The summed E-state index contributed by atoms with van der Waals surface area (Å²) in [6.45, 7) is 3.69. The monoisotopic (exact) mass is 263 g/mol. The second-order valence-corrected chi connectivity index (χ2v) is 3.89. The molecule has 0 atom stereocenters. The van der Waals surface area contributed by atoms with Gasteiger partial charge in [0.2, 0.25) is 5.91 Å². The van der Waals surface area contributed by atoms with Crippen LogP contribution in [0.4, 0.5) is 10.5 Å². The van der Waals surface area contributed by atoms with Gasteiger partial charge < -0.3 is 10.6 Å². The molecule has 0 aliphatic carbocycles. The Balaban J connectivity index is 2.42. The molecule has 0 saturated heterocycles. The van der Waals surface area contributed by atoms with Crippen molar-refractivity contribution >= 4 is 23.4 Å². The number of rotatable bonds is 5. The summed E-state index contributed by atoms with van der Waals surface area (Å²) in [6, 6.07) is 6.24. The van der Waals surface area contributed by atoms with Crippen molar-refractivity contribution in [2.24, 2.45) is 0 Å². The number of ketones is 1. The summed E-state index contributed by atoms with van der Waals surface area (Å²) in [5.74, 6) is -0.442. The minimum absolute atomic E-state index is 0.0134. The molecule has 0 fully saturated rings. The van der Waals surface area contributed by atoms with Gasteiger partial charge in [-0.25, -0.2) is 4.79 Å². The Bertz CT molecular complexity index is 469. The number of Topliss-reactive ketones (excluding diaryl/α,β-unsaturated/α-hetero) is 1. The van der Waals surface area contributed by atoms with Crippen molar-refractivity contribution in [3.05, 3.63) is 29.8 Å². The van der Waals surface area contributed by atoms with Gasteiger partial charge in [-0.1, -0.05) is 0 Å². The number of anilines is 1. The molecule has 0 bridgehead atoms. The van der Waals surface area contributed by atoms with Crippen LogP contribution in [0, 0.1) is 0 Å². The highest BCUT2D eigenvalue weighted by Crippen LogP contribution is 2.09. The van der Waals surface area contributed by atoms with Crippen molar-refractivity contribution in [3.8, 4) is 0 Å². The van der Waals surface area contributed by atoms with Crippen molar-refractivity contribution in [1.29, 1.82) is 0 Å². The third kappa shape index (κ3) is 5.20. The molecule has 0 saturated carbocycles. The third-order valence-corrected chi connectivity index (χ3v) is 2.33. The molecule has 19 heavy (non-hydrogen) atoms. The van der Waals surface area contributed by atoms with Gasteiger partial charge in [0.05, 0.1) is 6.54 Å². The normalized spacial score (nSPS) is 9.58. The highest BCUT2D eigenvalue weighted by Gasteiger charge is 2.06. The Labute approximate surface area is 111 Å². The first kappa shape index (κ1) is 14.7. The lowest BCUT2D eigenvalue weighted by Gasteiger charge is -2.07. The van der Waals surface area contributed by atoms with E-state index in [4.69, 9.17) is 0 Å². The molecular formula is C13H17N3O3. The van der Waals surface area contributed by atoms with Crippen LogP contribution in [0.15, 0.2) is 24.3 Å². The molecule has 6 nitrogen and oxygen atoms in total. The van der Waals surface area contributed by atoms with Crippen molar-refractivity contribution in [2.45, 2.75) is 13.8 Å². The van der Waals surface area contributed by atoms with Gasteiger partial charge >= 0.3 is 6.03 Å². The van der Waals surface area contributed by atoms with Crippen LogP contribution in [0.1, 0.15) is 24.2 Å². The standard InChI is InChI=1S/C13H17N3O3/c1-3-14-13(19)16-12(18)8-15-11-6-4-10(5-7-11)9(2)17/h4-7,15H,3,8H2,1-2H3,(H2,14,16,18,19). The van der Waals surface area contributed by atoms with Gasteiger partial charge in [-0.2, -0.15) is 0 Å². The lowest BCUT2D eigenvalue weighted by molar-refractivity contribution is -0.118. The van der Waals surface area contributed by atoms with Crippen LogP contribution in [0.5, 0.6) is 0 Å². The molecule has 0 unspecified atom stereocenters. The number of imide groups is 1. The molecule has 102 valence electrons. The molecule has 0 aliphatic rings. The first-order valence-electron chi connectivity index (χ1n) is 5.95. The molecular weight excluding hydrogens is 246 g/mol. The second kappa shape index (κ2) is 7.15. The van der Waals surface area contributed by atoms with Crippen LogP contribution in [0.3, 0.4) is 0 Å². The van der Waals surface area contributed by atoms with Gasteiger partial charge in [0.25, 0.3) is 0 Å². The molecule has 0 radical (unpaired) electrons. The molecule has 1 aromatic rings. The number of nitrogens with one attached hydrogen (secondary N) is 3. The van der Waals surface area contributed by atoms with E-state index in [9.17, 15) is 14.4 Å². The van der Waals surface area contributed by atoms with Gasteiger partial charge in [-0.15, -0.1) is 0 Å². The maximum absolute atomic E-state index is 11.4. The average molecular weight is 263 g/mol. The Morgan fingerprint density at radius 2 is 1.74 bits per heavy atom. The summed E-state index contributed by atoms with van der Waals surface area (Å²) < 4.78 is 0. The molecule has 6 heteroatoms. The van der Waals surface area contributed by atoms with E-state index < -0.39 is 11.9 Å². The first-order valence-corrected chi connectivity index (χ1v) is 5.95. The fourth-order valence-electron chi connectivity index (χ4n) is 1.38. The summed E-state index contributed by atoms with van der Waals surface area (Å²) in [5.41, 5.74) is 1.31. The molecule has 0 heterocycles. The topological polar surface area (TPSA) is 87.3 Å². The Kier molecular flexibility index (Phi) is 5.53. The molecule has 0 aliphatic heterocycles. The first-order chi connectivity index (χ1) is 9.02. The zero-order valence-electron chi connectivity index (χ0n) is 10.9. The van der Waals surface area contributed by atoms with Crippen molar-refractivity contribution in [1.82, 2.24) is 10.6 Å². The smallest absolute Gasteiger partial charge is 0.321 e. The van der Waals surface area contributed by atoms with Gasteiger partial charge in [0, 0.05) is 17.8 Å². The predicted octanol–water partition coefficient (Wildman–Crippen LogP) is 1.15. The zero-order chi connectivity index (χ0) is 14.3. The van der Waals surface area contributed by atoms with Crippen LogP contribution < -0.4 is 16.0 Å². The third-order valence-electron chi connectivity index (χ3n) is 2.33. The SMILES string of the molecule is CCNC(=O)NC(=O)CNc1ccc(C(C)=O)cc1. The fraction of sp³-hybridized carbons (Fsp3) is 0.308. The largest absolute Gasteiger partial charge is 0.376 e. The number of benzene rings is 1. The van der Waals surface area contributed by atoms with E-state index in [-0.39, 0.29) is 12.3 Å². The van der Waals surface area contributed by atoms with E-state index in [1.54, 1.807) is 31.2 Å². The fourth-order valence-corrected chi connectivity index (χ4v) is 1.38. The van der Waals surface area contributed by atoms with Crippen molar-refractivity contribution < 1.29 is 14.4 Å². The van der Waals surface area contributed by atoms with E-state index >= 15 is 0 Å². The van der Waals surface area contributed by atoms with Gasteiger partial charge in [-0.3, -0.25) is 14.9 Å². The summed E-state index contributed by atoms with van der Waals surface area (Å²) in [4.78, 5) is 33.5. The number of hydrogen-bond donors (Lipinski definition) is 3. The Morgan fingerprint density at radius 3 is 2.26 bits per heavy atom. The number of hydrogen-bond acceptors (Lipinski definition) is 4. The number of amides is 3. The van der Waals surface area contributed by atoms with Gasteiger partial charge in [-0.05, 0) is 38.1 Å².